The van der Waals surface area contributed by atoms with Crippen LogP contribution in [0.25, 0.3) is 0 Å². The van der Waals surface area contributed by atoms with Gasteiger partial charge < -0.3 is 15.8 Å². The third kappa shape index (κ3) is 2.60. The number of nitrogens with two attached hydrogens (primary N) is 1. The second-order valence-corrected chi connectivity index (χ2v) is 3.14. The second kappa shape index (κ2) is 4.98. The minimum Gasteiger partial charge on any atom is -0.467 e. The van der Waals surface area contributed by atoms with Crippen molar-refractivity contribution in [1.29, 1.82) is 5.26 Å². The van der Waals surface area contributed by atoms with Crippen molar-refractivity contribution < 1.29 is 9.53 Å². The molecule has 0 saturated heterocycles. The van der Waals surface area contributed by atoms with Crippen LogP contribution < -0.4 is 11.1 Å². The van der Waals surface area contributed by atoms with E-state index < -0.39 is 12.0 Å². The molecule has 84 valence electrons. The SMILES string of the molecule is COC(=O)C(C)Nc1ccc(N)c(C#N)n1. The molecule has 1 atom stereocenters. The number of carbonyl (C=O) groups excluding carboxylic acids is 1. The van der Waals surface area contributed by atoms with Crippen LogP contribution in [0.5, 0.6) is 0 Å². The van der Waals surface area contributed by atoms with E-state index >= 15 is 0 Å². The quantitative estimate of drug-likeness (QED) is 0.719. The zero-order valence-corrected chi connectivity index (χ0v) is 9.02. The molecular weight excluding hydrogens is 208 g/mol. The highest BCUT2D eigenvalue weighted by Crippen LogP contribution is 2.12. The van der Waals surface area contributed by atoms with E-state index in [1.54, 1.807) is 19.1 Å². The van der Waals surface area contributed by atoms with Gasteiger partial charge in [-0.15, -0.1) is 0 Å². The summed E-state index contributed by atoms with van der Waals surface area (Å²) in [5.41, 5.74) is 5.94. The molecule has 1 aromatic rings. The van der Waals surface area contributed by atoms with Crippen LogP contribution in [0.4, 0.5) is 11.5 Å². The van der Waals surface area contributed by atoms with E-state index in [4.69, 9.17) is 11.0 Å². The summed E-state index contributed by atoms with van der Waals surface area (Å²) in [5.74, 6) is 0.000725. The number of carbonyl (C=O) groups is 1. The number of nitrogen functional groups attached to an aromatic ring is 1. The number of aromatic nitrogens is 1. The van der Waals surface area contributed by atoms with Gasteiger partial charge in [-0.1, -0.05) is 0 Å². The molecule has 6 nitrogen and oxygen atoms in total. The van der Waals surface area contributed by atoms with E-state index in [2.05, 4.69) is 15.0 Å². The standard InChI is InChI=1S/C10H12N4O2/c1-6(10(15)16-2)13-9-4-3-7(12)8(5-11)14-9/h3-4,6H,12H2,1-2H3,(H,13,14). The zero-order valence-electron chi connectivity index (χ0n) is 9.02. The van der Waals surface area contributed by atoms with Gasteiger partial charge in [-0.25, -0.2) is 9.78 Å². The maximum absolute atomic E-state index is 11.1. The van der Waals surface area contributed by atoms with Crippen LogP contribution in [0, 0.1) is 11.3 Å². The molecule has 0 amide bonds. The summed E-state index contributed by atoms with van der Waals surface area (Å²) < 4.78 is 4.55. The first-order valence-electron chi connectivity index (χ1n) is 4.59. The highest BCUT2D eigenvalue weighted by Gasteiger charge is 2.13. The smallest absolute Gasteiger partial charge is 0.328 e. The van der Waals surface area contributed by atoms with Crippen molar-refractivity contribution in [1.82, 2.24) is 4.98 Å². The van der Waals surface area contributed by atoms with Gasteiger partial charge in [-0.3, -0.25) is 0 Å². The van der Waals surface area contributed by atoms with Crippen LogP contribution in [0.2, 0.25) is 0 Å². The van der Waals surface area contributed by atoms with Crippen molar-refractivity contribution >= 4 is 17.5 Å². The lowest BCUT2D eigenvalue weighted by Crippen LogP contribution is -2.27. The van der Waals surface area contributed by atoms with E-state index in [1.807, 2.05) is 6.07 Å². The molecule has 0 aromatic carbocycles. The molecule has 0 radical (unpaired) electrons. The van der Waals surface area contributed by atoms with E-state index in [-0.39, 0.29) is 5.69 Å². The Labute approximate surface area is 93.0 Å². The summed E-state index contributed by atoms with van der Waals surface area (Å²) in [6, 6.07) is 4.47. The van der Waals surface area contributed by atoms with Gasteiger partial charge in [0.25, 0.3) is 0 Å². The number of ether oxygens (including phenoxy) is 1. The molecule has 0 bridgehead atoms. The lowest BCUT2D eigenvalue weighted by molar-refractivity contribution is -0.141. The van der Waals surface area contributed by atoms with Crippen molar-refractivity contribution in [2.45, 2.75) is 13.0 Å². The number of nitriles is 1. The first kappa shape index (κ1) is 11.8. The van der Waals surface area contributed by atoms with Crippen molar-refractivity contribution in [3.63, 3.8) is 0 Å². The average molecular weight is 220 g/mol. The van der Waals surface area contributed by atoms with Crippen LogP contribution in [0.3, 0.4) is 0 Å². The number of hydrogen-bond acceptors (Lipinski definition) is 6. The number of methoxy groups -OCH3 is 1. The monoisotopic (exact) mass is 220 g/mol. The maximum atomic E-state index is 11.1. The first-order chi connectivity index (χ1) is 7.58. The summed E-state index contributed by atoms with van der Waals surface area (Å²) in [7, 11) is 1.30. The number of nitrogens with zero attached hydrogens (tertiary/aromatic N) is 2. The lowest BCUT2D eigenvalue weighted by atomic mass is 10.3. The van der Waals surface area contributed by atoms with E-state index in [1.165, 1.54) is 7.11 Å². The fourth-order valence-electron chi connectivity index (χ4n) is 1.10. The van der Waals surface area contributed by atoms with Crippen LogP contribution in [-0.2, 0) is 9.53 Å². The molecule has 1 rings (SSSR count). The van der Waals surface area contributed by atoms with Crippen LogP contribution >= 0.6 is 0 Å². The molecule has 1 unspecified atom stereocenters. The van der Waals surface area contributed by atoms with Crippen LogP contribution in [0.15, 0.2) is 12.1 Å². The molecule has 1 heterocycles. The largest absolute Gasteiger partial charge is 0.467 e. The third-order valence-electron chi connectivity index (χ3n) is 1.95. The molecule has 0 aliphatic rings. The second-order valence-electron chi connectivity index (χ2n) is 3.14. The van der Waals surface area contributed by atoms with E-state index in [9.17, 15) is 4.79 Å². The van der Waals surface area contributed by atoms with Crippen molar-refractivity contribution in [3.05, 3.63) is 17.8 Å². The Bertz CT molecular complexity index is 439. The topological polar surface area (TPSA) is 101 Å². The third-order valence-corrected chi connectivity index (χ3v) is 1.95. The zero-order chi connectivity index (χ0) is 12.1. The molecular formula is C10H12N4O2. The van der Waals surface area contributed by atoms with Gasteiger partial charge in [0, 0.05) is 0 Å². The highest BCUT2D eigenvalue weighted by atomic mass is 16.5. The number of hydrogen-bond donors (Lipinski definition) is 2. The van der Waals surface area contributed by atoms with Gasteiger partial charge in [0.1, 0.15) is 17.9 Å². The fourth-order valence-corrected chi connectivity index (χ4v) is 1.10. The molecule has 0 saturated carbocycles. The number of anilines is 2. The maximum Gasteiger partial charge on any atom is 0.328 e. The summed E-state index contributed by atoms with van der Waals surface area (Å²) >= 11 is 0. The summed E-state index contributed by atoms with van der Waals surface area (Å²) in [4.78, 5) is 15.1. The summed E-state index contributed by atoms with van der Waals surface area (Å²) in [5, 5.41) is 11.5. The number of rotatable bonds is 3. The predicted molar refractivity (Wildman–Crippen MR) is 58.5 cm³/mol. The highest BCUT2D eigenvalue weighted by molar-refractivity contribution is 5.78. The van der Waals surface area contributed by atoms with E-state index in [0.717, 1.165) is 0 Å². The Hall–Kier alpha value is -2.29. The Morgan fingerprint density at radius 2 is 2.38 bits per heavy atom. The average Bonchev–Trinajstić information content (AvgIpc) is 2.30. The van der Waals surface area contributed by atoms with Gasteiger partial charge in [0.2, 0.25) is 0 Å². The van der Waals surface area contributed by atoms with Gasteiger partial charge >= 0.3 is 5.97 Å². The summed E-state index contributed by atoms with van der Waals surface area (Å²) in [6.45, 7) is 1.63. The van der Waals surface area contributed by atoms with Gasteiger partial charge in [-0.05, 0) is 19.1 Å². The normalized spacial score (nSPS) is 11.3. The van der Waals surface area contributed by atoms with Gasteiger partial charge in [-0.2, -0.15) is 5.26 Å². The minimum absolute atomic E-state index is 0.127. The van der Waals surface area contributed by atoms with Crippen molar-refractivity contribution in [3.8, 4) is 6.07 Å². The molecule has 0 aliphatic heterocycles. The molecule has 16 heavy (non-hydrogen) atoms. The molecule has 0 aliphatic carbocycles. The summed E-state index contributed by atoms with van der Waals surface area (Å²) in [6.07, 6.45) is 0. The van der Waals surface area contributed by atoms with E-state index in [0.29, 0.717) is 11.5 Å². The Kier molecular flexibility index (Phi) is 3.67. The fraction of sp³-hybridized carbons (Fsp3) is 0.300. The van der Waals surface area contributed by atoms with Gasteiger partial charge in [0.05, 0.1) is 12.8 Å². The molecule has 1 aromatic heterocycles. The number of esters is 1. The molecule has 0 spiro atoms. The van der Waals surface area contributed by atoms with Crippen LogP contribution in [-0.4, -0.2) is 24.1 Å². The van der Waals surface area contributed by atoms with Gasteiger partial charge in [0.15, 0.2) is 5.69 Å². The Morgan fingerprint density at radius 3 is 2.94 bits per heavy atom. The number of nitrogens with one attached hydrogen (secondary N) is 1. The van der Waals surface area contributed by atoms with Crippen LogP contribution in [0.1, 0.15) is 12.6 Å². The minimum atomic E-state index is -0.535. The number of pyridine rings is 1. The predicted octanol–water partition coefficient (Wildman–Crippen LogP) is 0.509. The van der Waals surface area contributed by atoms with Crippen molar-refractivity contribution in [2.75, 3.05) is 18.2 Å². The Balaban J connectivity index is 2.83. The Morgan fingerprint density at radius 1 is 1.69 bits per heavy atom. The molecule has 3 N–H and O–H groups in total. The lowest BCUT2D eigenvalue weighted by Gasteiger charge is -2.12. The van der Waals surface area contributed by atoms with Crippen molar-refractivity contribution in [2.24, 2.45) is 0 Å². The molecule has 6 heteroatoms. The first-order valence-corrected chi connectivity index (χ1v) is 4.59. The molecule has 0 fully saturated rings.